The van der Waals surface area contributed by atoms with Gasteiger partial charge in [0, 0.05) is 22.4 Å². The smallest absolute Gasteiger partial charge is 0.153 e. The molecule has 0 aliphatic rings. The standard InChI is InChI=1S/C41H25NO2/c1-2-14-37-34(13-1)35-24-32(16-18-38(35)43-37)30-11-4-9-28(22-30)26-7-3-8-27(21-26)29-10-5-12-31(23-29)33-17-19-39-36(25-33)41-40(44-39)15-6-20-42-41/h1-25H. The average molecular weight is 564 g/mol. The second-order valence-electron chi connectivity index (χ2n) is 11.2. The number of furan rings is 2. The van der Waals surface area contributed by atoms with Gasteiger partial charge in [0.25, 0.3) is 0 Å². The van der Waals surface area contributed by atoms with E-state index in [4.69, 9.17) is 8.83 Å². The topological polar surface area (TPSA) is 39.2 Å². The minimum Gasteiger partial charge on any atom is -0.456 e. The molecule has 9 aromatic rings. The Morgan fingerprint density at radius 1 is 0.318 bits per heavy atom. The Morgan fingerprint density at radius 2 is 0.773 bits per heavy atom. The van der Waals surface area contributed by atoms with Gasteiger partial charge in [0.05, 0.1) is 0 Å². The normalized spacial score (nSPS) is 11.6. The molecule has 3 heterocycles. The van der Waals surface area contributed by atoms with E-state index in [-0.39, 0.29) is 0 Å². The summed E-state index contributed by atoms with van der Waals surface area (Å²) in [5.74, 6) is 0. The van der Waals surface area contributed by atoms with Gasteiger partial charge in [0.1, 0.15) is 22.3 Å². The summed E-state index contributed by atoms with van der Waals surface area (Å²) in [7, 11) is 0. The van der Waals surface area contributed by atoms with Crippen molar-refractivity contribution in [2.45, 2.75) is 0 Å². The number of para-hydroxylation sites is 1. The molecule has 3 nitrogen and oxygen atoms in total. The molecule has 3 aromatic heterocycles. The van der Waals surface area contributed by atoms with E-state index >= 15 is 0 Å². The van der Waals surface area contributed by atoms with Gasteiger partial charge >= 0.3 is 0 Å². The van der Waals surface area contributed by atoms with Crippen molar-refractivity contribution in [2.75, 3.05) is 0 Å². The second kappa shape index (κ2) is 9.82. The maximum atomic E-state index is 6.05. The van der Waals surface area contributed by atoms with Crippen LogP contribution in [0.3, 0.4) is 0 Å². The van der Waals surface area contributed by atoms with E-state index in [0.717, 1.165) is 55.1 Å². The van der Waals surface area contributed by atoms with Crippen LogP contribution < -0.4 is 0 Å². The van der Waals surface area contributed by atoms with Crippen molar-refractivity contribution in [3.05, 3.63) is 152 Å². The van der Waals surface area contributed by atoms with Crippen molar-refractivity contribution in [3.63, 3.8) is 0 Å². The lowest BCUT2D eigenvalue weighted by Crippen LogP contribution is -1.85. The molecule has 6 aromatic carbocycles. The van der Waals surface area contributed by atoms with Crippen LogP contribution >= 0.6 is 0 Å². The summed E-state index contributed by atoms with van der Waals surface area (Å²) >= 11 is 0. The number of hydrogen-bond acceptors (Lipinski definition) is 3. The third-order valence-corrected chi connectivity index (χ3v) is 8.52. The molecule has 0 atom stereocenters. The van der Waals surface area contributed by atoms with Gasteiger partial charge in [-0.2, -0.15) is 0 Å². The molecular weight excluding hydrogens is 538 g/mol. The van der Waals surface area contributed by atoms with Gasteiger partial charge in [-0.15, -0.1) is 0 Å². The molecule has 0 aliphatic carbocycles. The van der Waals surface area contributed by atoms with Crippen molar-refractivity contribution < 1.29 is 8.83 Å². The Labute approximate surface area is 253 Å². The van der Waals surface area contributed by atoms with Crippen molar-refractivity contribution in [1.29, 1.82) is 0 Å². The number of rotatable bonds is 4. The van der Waals surface area contributed by atoms with Crippen LogP contribution in [0.15, 0.2) is 161 Å². The zero-order valence-electron chi connectivity index (χ0n) is 23.7. The molecule has 0 bridgehead atoms. The molecule has 0 saturated carbocycles. The van der Waals surface area contributed by atoms with Crippen LogP contribution in [-0.4, -0.2) is 4.98 Å². The van der Waals surface area contributed by atoms with E-state index in [2.05, 4.69) is 120 Å². The predicted molar refractivity (Wildman–Crippen MR) is 181 cm³/mol. The largest absolute Gasteiger partial charge is 0.456 e. The van der Waals surface area contributed by atoms with E-state index in [1.54, 1.807) is 0 Å². The molecule has 0 amide bonds. The summed E-state index contributed by atoms with van der Waals surface area (Å²) in [4.78, 5) is 4.56. The minimum atomic E-state index is 0.810. The van der Waals surface area contributed by atoms with Crippen LogP contribution in [0.5, 0.6) is 0 Å². The first kappa shape index (κ1) is 24.6. The molecule has 206 valence electrons. The highest BCUT2D eigenvalue weighted by Gasteiger charge is 2.12. The Morgan fingerprint density at radius 3 is 1.39 bits per heavy atom. The van der Waals surface area contributed by atoms with Gasteiger partial charge in [-0.3, -0.25) is 4.98 Å². The molecule has 0 radical (unpaired) electrons. The lowest BCUT2D eigenvalue weighted by atomic mass is 9.94. The Hall–Kier alpha value is -5.93. The number of benzene rings is 6. The molecule has 0 spiro atoms. The zero-order chi connectivity index (χ0) is 29.0. The third kappa shape index (κ3) is 4.10. The summed E-state index contributed by atoms with van der Waals surface area (Å²) in [6.07, 6.45) is 1.81. The van der Waals surface area contributed by atoms with Gasteiger partial charge in [0.2, 0.25) is 0 Å². The van der Waals surface area contributed by atoms with E-state index in [1.807, 2.05) is 36.5 Å². The van der Waals surface area contributed by atoms with Crippen LogP contribution in [0, 0.1) is 0 Å². The van der Waals surface area contributed by atoms with Crippen LogP contribution in [0.2, 0.25) is 0 Å². The summed E-state index contributed by atoms with van der Waals surface area (Å²) in [6.45, 7) is 0. The van der Waals surface area contributed by atoms with Crippen molar-refractivity contribution in [2.24, 2.45) is 0 Å². The number of fused-ring (bicyclic) bond motifs is 6. The maximum absolute atomic E-state index is 6.05. The predicted octanol–water partition coefficient (Wildman–Crippen LogP) is 11.5. The Balaban J connectivity index is 1.07. The molecule has 3 heteroatoms. The fourth-order valence-electron chi connectivity index (χ4n) is 6.32. The first-order chi connectivity index (χ1) is 21.8. The highest BCUT2D eigenvalue weighted by atomic mass is 16.3. The Bertz CT molecular complexity index is 2340. The highest BCUT2D eigenvalue weighted by molar-refractivity contribution is 6.06. The summed E-state index contributed by atoms with van der Waals surface area (Å²) in [5, 5.41) is 3.32. The van der Waals surface area contributed by atoms with Gasteiger partial charge in [-0.1, -0.05) is 84.9 Å². The van der Waals surface area contributed by atoms with E-state index < -0.39 is 0 Å². The van der Waals surface area contributed by atoms with Gasteiger partial charge in [-0.05, 0) is 105 Å². The SMILES string of the molecule is c1cc(-c2cccc(-c3ccc4oc5ccccc5c4c3)c2)cc(-c2cccc(-c3ccc4oc5cccnc5c4c3)c2)c1. The average Bonchev–Trinajstić information content (AvgIpc) is 3.66. The Kier molecular flexibility index (Phi) is 5.50. The molecule has 9 rings (SSSR count). The molecule has 0 N–H and O–H groups in total. The van der Waals surface area contributed by atoms with Crippen LogP contribution in [-0.2, 0) is 0 Å². The van der Waals surface area contributed by atoms with Crippen molar-refractivity contribution in [1.82, 2.24) is 4.98 Å². The fraction of sp³-hybridized carbons (Fsp3) is 0. The highest BCUT2D eigenvalue weighted by Crippen LogP contribution is 2.36. The lowest BCUT2D eigenvalue weighted by molar-refractivity contribution is 0.668. The van der Waals surface area contributed by atoms with Gasteiger partial charge < -0.3 is 8.83 Å². The molecular formula is C41H25NO2. The van der Waals surface area contributed by atoms with E-state index in [1.165, 1.54) is 33.4 Å². The van der Waals surface area contributed by atoms with Crippen molar-refractivity contribution >= 4 is 44.0 Å². The first-order valence-corrected chi connectivity index (χ1v) is 14.8. The summed E-state index contributed by atoms with van der Waals surface area (Å²) < 4.78 is 12.0. The van der Waals surface area contributed by atoms with E-state index in [0.29, 0.717) is 0 Å². The number of aromatic nitrogens is 1. The molecule has 0 fully saturated rings. The molecule has 44 heavy (non-hydrogen) atoms. The quantitative estimate of drug-likeness (QED) is 0.214. The monoisotopic (exact) mass is 563 g/mol. The maximum Gasteiger partial charge on any atom is 0.153 e. The van der Waals surface area contributed by atoms with Crippen LogP contribution in [0.4, 0.5) is 0 Å². The molecule has 0 unspecified atom stereocenters. The van der Waals surface area contributed by atoms with Crippen LogP contribution in [0.1, 0.15) is 0 Å². The molecule has 0 aliphatic heterocycles. The van der Waals surface area contributed by atoms with Gasteiger partial charge in [-0.25, -0.2) is 0 Å². The van der Waals surface area contributed by atoms with E-state index in [9.17, 15) is 0 Å². The molecule has 0 saturated heterocycles. The van der Waals surface area contributed by atoms with Crippen LogP contribution in [0.25, 0.3) is 88.5 Å². The lowest BCUT2D eigenvalue weighted by Gasteiger charge is -2.10. The first-order valence-electron chi connectivity index (χ1n) is 14.8. The van der Waals surface area contributed by atoms with Gasteiger partial charge in [0.15, 0.2) is 5.58 Å². The summed E-state index contributed by atoms with van der Waals surface area (Å²) in [5.41, 5.74) is 13.8. The number of pyridine rings is 1. The zero-order valence-corrected chi connectivity index (χ0v) is 23.7. The van der Waals surface area contributed by atoms with Crippen molar-refractivity contribution in [3.8, 4) is 44.5 Å². The third-order valence-electron chi connectivity index (χ3n) is 8.52. The number of hydrogen-bond donors (Lipinski definition) is 0. The minimum absolute atomic E-state index is 0.810. The number of nitrogens with zero attached hydrogens (tertiary/aromatic N) is 1. The summed E-state index contributed by atoms with van der Waals surface area (Å²) in [6, 6.07) is 51.2. The fourth-order valence-corrected chi connectivity index (χ4v) is 6.32. The second-order valence-corrected chi connectivity index (χ2v) is 11.2.